The molecule has 0 aliphatic heterocycles. The van der Waals surface area contributed by atoms with Crippen LogP contribution >= 0.6 is 0 Å². The number of nitrogens with one attached hydrogen (secondary N) is 1. The Kier molecular flexibility index (Phi) is 3.66. The number of ether oxygens (including phenoxy) is 1. The molecule has 0 aliphatic rings. The van der Waals surface area contributed by atoms with Gasteiger partial charge < -0.3 is 15.8 Å². The summed E-state index contributed by atoms with van der Waals surface area (Å²) in [4.78, 5) is 22.5. The SMILES string of the molecule is C=C(OC)C(=O)Nc1ccccc1C(N)=O. The Labute approximate surface area is 92.9 Å². The highest BCUT2D eigenvalue weighted by molar-refractivity contribution is 6.07. The molecule has 0 spiro atoms. The average Bonchev–Trinajstić information content (AvgIpc) is 2.28. The summed E-state index contributed by atoms with van der Waals surface area (Å²) in [7, 11) is 1.34. The third kappa shape index (κ3) is 2.60. The van der Waals surface area contributed by atoms with Gasteiger partial charge in [0, 0.05) is 0 Å². The molecule has 0 aromatic heterocycles. The zero-order chi connectivity index (χ0) is 12.1. The first-order valence-corrected chi connectivity index (χ1v) is 4.49. The Balaban J connectivity index is 2.93. The topological polar surface area (TPSA) is 81.4 Å². The maximum absolute atomic E-state index is 11.4. The second-order valence-electron chi connectivity index (χ2n) is 2.99. The standard InChI is InChI=1S/C11H12N2O3/c1-7(16-2)11(15)13-9-6-4-3-5-8(9)10(12)14/h3-6H,1H2,2H3,(H2,12,14)(H,13,15). The monoisotopic (exact) mass is 220 g/mol. The first kappa shape index (κ1) is 11.8. The molecule has 5 heteroatoms. The molecule has 16 heavy (non-hydrogen) atoms. The number of rotatable bonds is 4. The predicted octanol–water partition coefficient (Wildman–Crippen LogP) is 0.884. The number of nitrogens with two attached hydrogens (primary N) is 1. The van der Waals surface area contributed by atoms with E-state index in [1.807, 2.05) is 0 Å². The number of anilines is 1. The first-order chi connectivity index (χ1) is 7.56. The minimum atomic E-state index is -0.612. The van der Waals surface area contributed by atoms with Gasteiger partial charge >= 0.3 is 0 Å². The number of benzene rings is 1. The van der Waals surface area contributed by atoms with Crippen molar-refractivity contribution in [2.24, 2.45) is 5.73 Å². The van der Waals surface area contributed by atoms with E-state index in [1.54, 1.807) is 18.2 Å². The quantitative estimate of drug-likeness (QED) is 0.584. The number of carbonyl (C=O) groups excluding carboxylic acids is 2. The van der Waals surface area contributed by atoms with Crippen LogP contribution in [0.5, 0.6) is 0 Å². The zero-order valence-corrected chi connectivity index (χ0v) is 8.82. The van der Waals surface area contributed by atoms with Crippen molar-refractivity contribution in [1.82, 2.24) is 0 Å². The summed E-state index contributed by atoms with van der Waals surface area (Å²) >= 11 is 0. The number of carbonyl (C=O) groups is 2. The molecule has 5 nitrogen and oxygen atoms in total. The molecule has 0 atom stereocenters. The van der Waals surface area contributed by atoms with E-state index >= 15 is 0 Å². The molecular weight excluding hydrogens is 208 g/mol. The number of methoxy groups -OCH3 is 1. The van der Waals surface area contributed by atoms with E-state index in [9.17, 15) is 9.59 Å². The van der Waals surface area contributed by atoms with E-state index in [4.69, 9.17) is 5.73 Å². The lowest BCUT2D eigenvalue weighted by Gasteiger charge is -2.09. The number of hydrogen-bond acceptors (Lipinski definition) is 3. The summed E-state index contributed by atoms with van der Waals surface area (Å²) in [6.07, 6.45) is 0. The Morgan fingerprint density at radius 1 is 1.38 bits per heavy atom. The fourth-order valence-corrected chi connectivity index (χ4v) is 1.09. The highest BCUT2D eigenvalue weighted by atomic mass is 16.5. The molecule has 0 radical (unpaired) electrons. The van der Waals surface area contributed by atoms with Crippen LogP contribution in [0.1, 0.15) is 10.4 Å². The molecule has 84 valence electrons. The number of primary amides is 1. The third-order valence-corrected chi connectivity index (χ3v) is 1.94. The molecule has 2 amide bonds. The van der Waals surface area contributed by atoms with Crippen LogP contribution in [0.25, 0.3) is 0 Å². The lowest BCUT2D eigenvalue weighted by molar-refractivity contribution is -0.115. The zero-order valence-electron chi connectivity index (χ0n) is 8.82. The van der Waals surface area contributed by atoms with E-state index in [0.717, 1.165) is 0 Å². The van der Waals surface area contributed by atoms with Gasteiger partial charge in [-0.1, -0.05) is 18.7 Å². The van der Waals surface area contributed by atoms with Crippen molar-refractivity contribution >= 4 is 17.5 Å². The molecular formula is C11H12N2O3. The van der Waals surface area contributed by atoms with Gasteiger partial charge in [0.25, 0.3) is 11.8 Å². The summed E-state index contributed by atoms with van der Waals surface area (Å²) in [5, 5.41) is 2.48. The molecule has 0 bridgehead atoms. The van der Waals surface area contributed by atoms with E-state index < -0.39 is 11.8 Å². The maximum Gasteiger partial charge on any atom is 0.290 e. The third-order valence-electron chi connectivity index (χ3n) is 1.94. The van der Waals surface area contributed by atoms with Gasteiger partial charge in [0.15, 0.2) is 5.76 Å². The van der Waals surface area contributed by atoms with Crippen LogP contribution in [0.3, 0.4) is 0 Å². The van der Waals surface area contributed by atoms with E-state index in [2.05, 4.69) is 16.6 Å². The molecule has 3 N–H and O–H groups in total. The average molecular weight is 220 g/mol. The predicted molar refractivity (Wildman–Crippen MR) is 59.7 cm³/mol. The maximum atomic E-state index is 11.4. The van der Waals surface area contributed by atoms with Crippen molar-refractivity contribution in [2.75, 3.05) is 12.4 Å². The van der Waals surface area contributed by atoms with Gasteiger partial charge in [-0.25, -0.2) is 0 Å². The van der Waals surface area contributed by atoms with Gasteiger partial charge in [-0.05, 0) is 12.1 Å². The van der Waals surface area contributed by atoms with Crippen LogP contribution < -0.4 is 11.1 Å². The van der Waals surface area contributed by atoms with Crippen LogP contribution in [-0.4, -0.2) is 18.9 Å². The van der Waals surface area contributed by atoms with E-state index in [-0.39, 0.29) is 11.3 Å². The van der Waals surface area contributed by atoms with Crippen molar-refractivity contribution in [1.29, 1.82) is 0 Å². The number of hydrogen-bond donors (Lipinski definition) is 2. The molecule has 1 aromatic rings. The summed E-state index contributed by atoms with van der Waals surface area (Å²) < 4.78 is 4.66. The second kappa shape index (κ2) is 4.97. The van der Waals surface area contributed by atoms with Crippen molar-refractivity contribution in [3.05, 3.63) is 42.2 Å². The van der Waals surface area contributed by atoms with Gasteiger partial charge in [0.05, 0.1) is 18.4 Å². The van der Waals surface area contributed by atoms with Crippen LogP contribution in [0, 0.1) is 0 Å². The Morgan fingerprint density at radius 3 is 2.56 bits per heavy atom. The van der Waals surface area contributed by atoms with Crippen LogP contribution in [-0.2, 0) is 9.53 Å². The molecule has 1 rings (SSSR count). The number of amides is 2. The van der Waals surface area contributed by atoms with Crippen molar-refractivity contribution in [3.8, 4) is 0 Å². The molecule has 0 unspecified atom stereocenters. The van der Waals surface area contributed by atoms with Crippen LogP contribution in [0.2, 0.25) is 0 Å². The van der Waals surface area contributed by atoms with Gasteiger partial charge in [0.1, 0.15) is 0 Å². The van der Waals surface area contributed by atoms with Crippen molar-refractivity contribution in [2.45, 2.75) is 0 Å². The van der Waals surface area contributed by atoms with Gasteiger partial charge in [-0.3, -0.25) is 9.59 Å². The van der Waals surface area contributed by atoms with Gasteiger partial charge in [-0.15, -0.1) is 0 Å². The van der Waals surface area contributed by atoms with Crippen LogP contribution in [0.4, 0.5) is 5.69 Å². The fraction of sp³-hybridized carbons (Fsp3) is 0.0909. The largest absolute Gasteiger partial charge is 0.492 e. The molecule has 0 heterocycles. The van der Waals surface area contributed by atoms with Gasteiger partial charge in [0.2, 0.25) is 0 Å². The minimum absolute atomic E-state index is 0.0423. The Morgan fingerprint density at radius 2 is 2.00 bits per heavy atom. The highest BCUT2D eigenvalue weighted by Crippen LogP contribution is 2.14. The summed E-state index contributed by atoms with van der Waals surface area (Å²) in [6, 6.07) is 6.42. The fourth-order valence-electron chi connectivity index (χ4n) is 1.09. The first-order valence-electron chi connectivity index (χ1n) is 4.49. The van der Waals surface area contributed by atoms with E-state index in [1.165, 1.54) is 13.2 Å². The lowest BCUT2D eigenvalue weighted by Crippen LogP contribution is -2.19. The smallest absolute Gasteiger partial charge is 0.290 e. The molecule has 1 aromatic carbocycles. The molecule has 0 saturated heterocycles. The van der Waals surface area contributed by atoms with Crippen molar-refractivity contribution < 1.29 is 14.3 Å². The molecule has 0 saturated carbocycles. The van der Waals surface area contributed by atoms with E-state index in [0.29, 0.717) is 5.69 Å². The summed E-state index contributed by atoms with van der Waals surface area (Å²) in [5.41, 5.74) is 5.72. The summed E-state index contributed by atoms with van der Waals surface area (Å²) in [6.45, 7) is 3.39. The molecule has 0 aliphatic carbocycles. The van der Waals surface area contributed by atoms with Crippen LogP contribution in [0.15, 0.2) is 36.6 Å². The lowest BCUT2D eigenvalue weighted by atomic mass is 10.1. The highest BCUT2D eigenvalue weighted by Gasteiger charge is 2.12. The minimum Gasteiger partial charge on any atom is -0.492 e. The normalized spacial score (nSPS) is 9.31. The number of para-hydroxylation sites is 1. The van der Waals surface area contributed by atoms with Gasteiger partial charge in [-0.2, -0.15) is 0 Å². The second-order valence-corrected chi connectivity index (χ2v) is 2.99. The molecule has 0 fully saturated rings. The Hall–Kier alpha value is -2.30. The van der Waals surface area contributed by atoms with Crippen molar-refractivity contribution in [3.63, 3.8) is 0 Å². The summed E-state index contributed by atoms with van der Waals surface area (Å²) in [5.74, 6) is -1.17. The Bertz CT molecular complexity index is 441.